The van der Waals surface area contributed by atoms with Gasteiger partial charge in [-0.2, -0.15) is 11.8 Å². The lowest BCUT2D eigenvalue weighted by Gasteiger charge is -2.09. The zero-order valence-corrected chi connectivity index (χ0v) is 12.8. The maximum Gasteiger partial charge on any atom is 0.191 e. The summed E-state index contributed by atoms with van der Waals surface area (Å²) in [5, 5.41) is 7.66. The van der Waals surface area contributed by atoms with Crippen molar-refractivity contribution in [2.45, 2.75) is 13.5 Å². The number of furan rings is 1. The van der Waals surface area contributed by atoms with Crippen LogP contribution >= 0.6 is 11.8 Å². The second-order valence-electron chi connectivity index (χ2n) is 4.37. The number of hydrogen-bond acceptors (Lipinski definition) is 3. The molecule has 0 atom stereocenters. The van der Waals surface area contributed by atoms with Crippen LogP contribution in [0.3, 0.4) is 0 Å². The van der Waals surface area contributed by atoms with Gasteiger partial charge >= 0.3 is 0 Å². The fourth-order valence-electron chi connectivity index (χ4n) is 1.88. The Morgan fingerprint density at radius 1 is 1.30 bits per heavy atom. The first kappa shape index (κ1) is 14.8. The van der Waals surface area contributed by atoms with Crippen molar-refractivity contribution in [1.29, 1.82) is 0 Å². The van der Waals surface area contributed by atoms with Crippen LogP contribution in [0.1, 0.15) is 12.7 Å². The monoisotopic (exact) mass is 291 g/mol. The smallest absolute Gasteiger partial charge is 0.191 e. The van der Waals surface area contributed by atoms with E-state index in [1.807, 2.05) is 42.1 Å². The van der Waals surface area contributed by atoms with E-state index in [9.17, 15) is 0 Å². The van der Waals surface area contributed by atoms with E-state index in [0.29, 0.717) is 6.54 Å². The van der Waals surface area contributed by atoms with E-state index in [-0.39, 0.29) is 0 Å². The number of nitrogens with zero attached hydrogens (tertiary/aromatic N) is 1. The molecule has 1 heterocycles. The molecule has 0 unspecified atom stereocenters. The molecule has 1 aromatic heterocycles. The number of hydrogen-bond donors (Lipinski definition) is 2. The molecule has 0 saturated heterocycles. The molecule has 2 aromatic rings. The molecule has 0 aliphatic heterocycles. The van der Waals surface area contributed by atoms with Crippen molar-refractivity contribution < 1.29 is 4.42 Å². The van der Waals surface area contributed by atoms with Crippen LogP contribution in [0.2, 0.25) is 0 Å². The van der Waals surface area contributed by atoms with E-state index in [0.717, 1.165) is 41.5 Å². The fraction of sp³-hybridized carbons (Fsp3) is 0.400. The molecule has 108 valence electrons. The number of rotatable bonds is 6. The summed E-state index contributed by atoms with van der Waals surface area (Å²) in [5.74, 6) is 2.78. The van der Waals surface area contributed by atoms with E-state index in [4.69, 9.17) is 4.42 Å². The fourth-order valence-corrected chi connectivity index (χ4v) is 2.19. The van der Waals surface area contributed by atoms with Crippen molar-refractivity contribution in [3.05, 3.63) is 36.1 Å². The predicted octanol–water partition coefficient (Wildman–Crippen LogP) is 2.85. The molecule has 0 spiro atoms. The molecular weight excluding hydrogens is 270 g/mol. The number of nitrogens with one attached hydrogen (secondary N) is 2. The molecular formula is C15H21N3OS. The molecule has 0 fully saturated rings. The van der Waals surface area contributed by atoms with Crippen molar-refractivity contribution in [1.82, 2.24) is 10.6 Å². The maximum absolute atomic E-state index is 5.76. The number of guanidine groups is 1. The van der Waals surface area contributed by atoms with Crippen molar-refractivity contribution >= 4 is 28.7 Å². The Morgan fingerprint density at radius 3 is 2.90 bits per heavy atom. The minimum Gasteiger partial charge on any atom is -0.459 e. The van der Waals surface area contributed by atoms with Gasteiger partial charge < -0.3 is 15.1 Å². The molecule has 0 saturated carbocycles. The van der Waals surface area contributed by atoms with E-state index in [2.05, 4.69) is 28.8 Å². The molecule has 0 bridgehead atoms. The van der Waals surface area contributed by atoms with Crippen LogP contribution in [0.15, 0.2) is 39.7 Å². The Hall–Kier alpha value is -1.62. The van der Waals surface area contributed by atoms with E-state index < -0.39 is 0 Å². The van der Waals surface area contributed by atoms with Crippen molar-refractivity contribution in [2.75, 3.05) is 25.1 Å². The Morgan fingerprint density at radius 2 is 2.15 bits per heavy atom. The summed E-state index contributed by atoms with van der Waals surface area (Å²) in [7, 11) is 0. The summed E-state index contributed by atoms with van der Waals surface area (Å²) >= 11 is 1.82. The zero-order chi connectivity index (χ0) is 14.2. The first-order chi connectivity index (χ1) is 9.83. The normalized spacial score (nSPS) is 11.8. The Labute approximate surface area is 124 Å². The van der Waals surface area contributed by atoms with Gasteiger partial charge in [-0.3, -0.25) is 0 Å². The SMILES string of the molecule is CCNC(=NCc1cc2ccccc2o1)NCCSC. The highest BCUT2D eigenvalue weighted by Crippen LogP contribution is 2.19. The van der Waals surface area contributed by atoms with Crippen LogP contribution in [0, 0.1) is 0 Å². The highest BCUT2D eigenvalue weighted by molar-refractivity contribution is 7.98. The summed E-state index contributed by atoms with van der Waals surface area (Å²) in [6, 6.07) is 10.1. The molecule has 0 amide bonds. The van der Waals surface area contributed by atoms with Crippen molar-refractivity contribution in [3.8, 4) is 0 Å². The van der Waals surface area contributed by atoms with Crippen LogP contribution in [-0.2, 0) is 6.54 Å². The summed E-state index contributed by atoms with van der Waals surface area (Å²) in [4.78, 5) is 4.54. The Balaban J connectivity index is 2.00. The van der Waals surface area contributed by atoms with Crippen LogP contribution in [0.4, 0.5) is 0 Å². The number of aliphatic imine (C=N–C) groups is 1. The van der Waals surface area contributed by atoms with Gasteiger partial charge in [0.1, 0.15) is 17.9 Å². The minimum atomic E-state index is 0.545. The summed E-state index contributed by atoms with van der Waals surface area (Å²) in [5.41, 5.74) is 0.915. The van der Waals surface area contributed by atoms with E-state index >= 15 is 0 Å². The molecule has 2 N–H and O–H groups in total. The lowest BCUT2D eigenvalue weighted by atomic mass is 10.2. The van der Waals surface area contributed by atoms with Gasteiger partial charge in [0, 0.05) is 24.2 Å². The van der Waals surface area contributed by atoms with Gasteiger partial charge in [0.2, 0.25) is 0 Å². The van der Waals surface area contributed by atoms with Gasteiger partial charge in [-0.1, -0.05) is 18.2 Å². The molecule has 20 heavy (non-hydrogen) atoms. The van der Waals surface area contributed by atoms with Crippen LogP contribution in [0.5, 0.6) is 0 Å². The second-order valence-corrected chi connectivity index (χ2v) is 5.35. The van der Waals surface area contributed by atoms with Crippen molar-refractivity contribution in [3.63, 3.8) is 0 Å². The van der Waals surface area contributed by atoms with Crippen LogP contribution in [0.25, 0.3) is 11.0 Å². The lowest BCUT2D eigenvalue weighted by Crippen LogP contribution is -2.38. The highest BCUT2D eigenvalue weighted by atomic mass is 32.2. The first-order valence-corrected chi connectivity index (χ1v) is 8.21. The molecule has 0 aliphatic carbocycles. The van der Waals surface area contributed by atoms with Crippen LogP contribution in [-0.4, -0.2) is 31.1 Å². The number of thioether (sulfide) groups is 1. The molecule has 0 radical (unpaired) electrons. The van der Waals surface area contributed by atoms with Gasteiger partial charge in [-0.05, 0) is 25.3 Å². The zero-order valence-electron chi connectivity index (χ0n) is 12.0. The average molecular weight is 291 g/mol. The number of fused-ring (bicyclic) bond motifs is 1. The second kappa shape index (κ2) is 7.85. The number of benzene rings is 1. The third-order valence-electron chi connectivity index (χ3n) is 2.81. The molecule has 1 aromatic carbocycles. The Bertz CT molecular complexity index is 532. The van der Waals surface area contributed by atoms with E-state index in [1.54, 1.807) is 0 Å². The topological polar surface area (TPSA) is 49.6 Å². The predicted molar refractivity (Wildman–Crippen MR) is 87.4 cm³/mol. The first-order valence-electron chi connectivity index (χ1n) is 6.82. The number of para-hydroxylation sites is 1. The third-order valence-corrected chi connectivity index (χ3v) is 3.42. The van der Waals surface area contributed by atoms with Gasteiger partial charge in [0.25, 0.3) is 0 Å². The van der Waals surface area contributed by atoms with Crippen molar-refractivity contribution in [2.24, 2.45) is 4.99 Å². The molecule has 2 rings (SSSR count). The van der Waals surface area contributed by atoms with Gasteiger partial charge in [-0.15, -0.1) is 0 Å². The summed E-state index contributed by atoms with van der Waals surface area (Å²) < 4.78 is 5.76. The van der Waals surface area contributed by atoms with Crippen LogP contribution < -0.4 is 10.6 Å². The maximum atomic E-state index is 5.76. The van der Waals surface area contributed by atoms with Gasteiger partial charge in [0.05, 0.1) is 0 Å². The minimum absolute atomic E-state index is 0.545. The average Bonchev–Trinajstić information content (AvgIpc) is 2.87. The quantitative estimate of drug-likeness (QED) is 0.488. The third kappa shape index (κ3) is 4.20. The molecule has 5 heteroatoms. The van der Waals surface area contributed by atoms with Gasteiger partial charge in [-0.25, -0.2) is 4.99 Å². The Kier molecular flexibility index (Phi) is 5.80. The summed E-state index contributed by atoms with van der Waals surface area (Å²) in [6.07, 6.45) is 2.10. The lowest BCUT2D eigenvalue weighted by molar-refractivity contribution is 0.552. The standard InChI is InChI=1S/C15H21N3OS/c1-3-16-15(17-8-9-20-2)18-11-13-10-12-6-4-5-7-14(12)19-13/h4-7,10H,3,8-9,11H2,1-2H3,(H2,16,17,18). The van der Waals surface area contributed by atoms with E-state index in [1.165, 1.54) is 0 Å². The summed E-state index contributed by atoms with van der Waals surface area (Å²) in [6.45, 7) is 4.37. The molecule has 0 aliphatic rings. The molecule has 4 nitrogen and oxygen atoms in total. The van der Waals surface area contributed by atoms with Gasteiger partial charge in [0.15, 0.2) is 5.96 Å². The largest absolute Gasteiger partial charge is 0.459 e. The highest BCUT2D eigenvalue weighted by Gasteiger charge is 2.03.